The van der Waals surface area contributed by atoms with Crippen molar-refractivity contribution in [3.8, 4) is 0 Å². The maximum absolute atomic E-state index is 12.3. The molecule has 8 heteroatoms. The molecule has 2 saturated carbocycles. The van der Waals surface area contributed by atoms with Crippen LogP contribution in [0.25, 0.3) is 22.1 Å². The third-order valence-electron chi connectivity index (χ3n) is 6.05. The Hall–Kier alpha value is -1.93. The van der Waals surface area contributed by atoms with Gasteiger partial charge in [-0.3, -0.25) is 0 Å². The third-order valence-corrected chi connectivity index (χ3v) is 7.95. The van der Waals surface area contributed by atoms with E-state index in [0.717, 1.165) is 59.5 Å². The molecule has 3 aromatic rings. The Labute approximate surface area is 186 Å². The zero-order valence-electron chi connectivity index (χ0n) is 19.5. The van der Waals surface area contributed by atoms with Crippen LogP contribution in [0.3, 0.4) is 0 Å². The smallest absolute Gasteiger partial charge is 0.214 e. The van der Waals surface area contributed by atoms with Crippen LogP contribution in [0, 0.1) is 5.92 Å². The van der Waals surface area contributed by atoms with Gasteiger partial charge in [0.2, 0.25) is 10.0 Å². The van der Waals surface area contributed by atoms with Crippen LogP contribution in [-0.4, -0.2) is 33.2 Å². The summed E-state index contributed by atoms with van der Waals surface area (Å²) in [5.41, 5.74) is 2.75. The predicted octanol–water partition coefficient (Wildman–Crippen LogP) is 5.30. The van der Waals surface area contributed by atoms with Crippen molar-refractivity contribution in [3.05, 3.63) is 24.3 Å². The normalized spacial score (nSPS) is 21.3. The van der Waals surface area contributed by atoms with E-state index in [1.165, 1.54) is 12.8 Å². The zero-order valence-corrected chi connectivity index (χ0v) is 20.3. The zero-order chi connectivity index (χ0) is 22.6. The van der Waals surface area contributed by atoms with Gasteiger partial charge in [0.05, 0.1) is 23.5 Å². The van der Waals surface area contributed by atoms with Gasteiger partial charge in [-0.1, -0.05) is 34.6 Å². The molecule has 3 heterocycles. The van der Waals surface area contributed by atoms with E-state index in [0.29, 0.717) is 6.04 Å². The monoisotopic (exact) mass is 447 g/mol. The molecule has 7 nitrogen and oxygen atoms in total. The maximum Gasteiger partial charge on any atom is 0.214 e. The summed E-state index contributed by atoms with van der Waals surface area (Å²) in [6.45, 7) is 10.5. The van der Waals surface area contributed by atoms with Crippen molar-refractivity contribution in [2.24, 2.45) is 5.92 Å². The molecule has 31 heavy (non-hydrogen) atoms. The minimum Gasteiger partial charge on any atom is -0.346 e. The molecule has 172 valence electrons. The Balaban J connectivity index is 0.000000645. The molecule has 2 N–H and O–H groups in total. The topological polar surface area (TPSA) is 92.7 Å². The summed E-state index contributed by atoms with van der Waals surface area (Å²) in [6.07, 6.45) is 9.80. The summed E-state index contributed by atoms with van der Waals surface area (Å²) < 4.78 is 29.7. The molecule has 5 rings (SSSR count). The highest BCUT2D eigenvalue weighted by Crippen LogP contribution is 2.37. The standard InChI is InChI=1S/C19H25N5O2S.2C2H6/c1-12-2-4-13(5-3-12)24-17(11-22-27(25,26)14-6-7-14)23-16-10-21-19-15(18(16)24)8-9-20-19;2*1-2/h8-10,12-14,22H,2-7,11H2,1H3,(H,20,21);2*1-2H3. The number of pyridine rings is 1. The largest absolute Gasteiger partial charge is 0.346 e. The Morgan fingerprint density at radius 1 is 1.10 bits per heavy atom. The number of hydrogen-bond donors (Lipinski definition) is 2. The lowest BCUT2D eigenvalue weighted by Gasteiger charge is -2.29. The van der Waals surface area contributed by atoms with Crippen LogP contribution in [0.15, 0.2) is 18.5 Å². The van der Waals surface area contributed by atoms with Gasteiger partial charge in [-0.25, -0.2) is 23.1 Å². The number of H-pyrrole nitrogens is 1. The van der Waals surface area contributed by atoms with Gasteiger partial charge in [0.1, 0.15) is 17.0 Å². The molecule has 2 fully saturated rings. The average Bonchev–Trinajstić information content (AvgIpc) is 3.44. The average molecular weight is 448 g/mol. The third kappa shape index (κ3) is 4.95. The van der Waals surface area contributed by atoms with Gasteiger partial charge in [0, 0.05) is 17.6 Å². The van der Waals surface area contributed by atoms with E-state index < -0.39 is 10.0 Å². The second-order valence-corrected chi connectivity index (χ2v) is 10.2. The summed E-state index contributed by atoms with van der Waals surface area (Å²) in [7, 11) is -3.24. The van der Waals surface area contributed by atoms with Crippen LogP contribution in [0.2, 0.25) is 0 Å². The second-order valence-electron chi connectivity index (χ2n) is 8.11. The minimum atomic E-state index is -3.24. The molecule has 3 aromatic heterocycles. The number of hydrogen-bond acceptors (Lipinski definition) is 4. The Morgan fingerprint density at radius 2 is 1.77 bits per heavy atom. The highest BCUT2D eigenvalue weighted by atomic mass is 32.2. The molecule has 0 aromatic carbocycles. The highest BCUT2D eigenvalue weighted by molar-refractivity contribution is 7.90. The van der Waals surface area contributed by atoms with Gasteiger partial charge in [-0.15, -0.1) is 0 Å². The molecular weight excluding hydrogens is 410 g/mol. The lowest BCUT2D eigenvalue weighted by molar-refractivity contribution is 0.289. The maximum atomic E-state index is 12.3. The fourth-order valence-electron chi connectivity index (χ4n) is 4.32. The fraction of sp³-hybridized carbons (Fsp3) is 0.652. The quantitative estimate of drug-likeness (QED) is 0.555. The van der Waals surface area contributed by atoms with Crippen LogP contribution < -0.4 is 4.72 Å². The molecule has 2 aliphatic rings. The van der Waals surface area contributed by atoms with Crippen molar-refractivity contribution < 1.29 is 8.42 Å². The number of nitrogens with zero attached hydrogens (tertiary/aromatic N) is 3. The first-order chi connectivity index (χ1) is 15.0. The van der Waals surface area contributed by atoms with Gasteiger partial charge in [0.15, 0.2) is 0 Å². The molecular formula is C23H37N5O2S. The fourth-order valence-corrected chi connectivity index (χ4v) is 5.64. The SMILES string of the molecule is CC.CC.CC1CCC(n2c(CNS(=O)(=O)C3CC3)nc3cnc4[nH]ccc4c32)CC1. The molecule has 0 spiro atoms. The summed E-state index contributed by atoms with van der Waals surface area (Å²) in [6, 6.07) is 2.39. The molecule has 0 bridgehead atoms. The molecule has 0 unspecified atom stereocenters. The number of fused-ring (bicyclic) bond motifs is 3. The number of imidazole rings is 1. The van der Waals surface area contributed by atoms with E-state index in [1.54, 1.807) is 6.20 Å². The first kappa shape index (κ1) is 23.7. The Morgan fingerprint density at radius 3 is 2.42 bits per heavy atom. The van der Waals surface area contributed by atoms with Gasteiger partial charge in [0.25, 0.3) is 0 Å². The van der Waals surface area contributed by atoms with Gasteiger partial charge < -0.3 is 9.55 Å². The molecule has 0 radical (unpaired) electrons. The first-order valence-corrected chi connectivity index (χ1v) is 13.4. The van der Waals surface area contributed by atoms with E-state index in [-0.39, 0.29) is 11.8 Å². The number of rotatable bonds is 5. The van der Waals surface area contributed by atoms with E-state index in [2.05, 4.69) is 26.2 Å². The summed E-state index contributed by atoms with van der Waals surface area (Å²) >= 11 is 0. The van der Waals surface area contributed by atoms with Crippen molar-refractivity contribution in [3.63, 3.8) is 0 Å². The lowest BCUT2D eigenvalue weighted by atomic mass is 9.87. The number of nitrogens with one attached hydrogen (secondary N) is 2. The van der Waals surface area contributed by atoms with Crippen molar-refractivity contribution in [1.29, 1.82) is 0 Å². The van der Waals surface area contributed by atoms with E-state index in [4.69, 9.17) is 4.98 Å². The summed E-state index contributed by atoms with van der Waals surface area (Å²) in [5, 5.41) is 0.832. The van der Waals surface area contributed by atoms with Crippen LogP contribution in [0.1, 0.15) is 85.0 Å². The number of sulfonamides is 1. The Bertz CT molecular complexity index is 1090. The molecule has 0 atom stereocenters. The van der Waals surface area contributed by atoms with E-state index in [1.807, 2.05) is 40.0 Å². The van der Waals surface area contributed by atoms with Gasteiger partial charge >= 0.3 is 0 Å². The van der Waals surface area contributed by atoms with Crippen molar-refractivity contribution in [1.82, 2.24) is 24.2 Å². The predicted molar refractivity (Wildman–Crippen MR) is 128 cm³/mol. The van der Waals surface area contributed by atoms with E-state index >= 15 is 0 Å². The van der Waals surface area contributed by atoms with Crippen LogP contribution >= 0.6 is 0 Å². The first-order valence-electron chi connectivity index (χ1n) is 11.8. The summed E-state index contributed by atoms with van der Waals surface area (Å²) in [4.78, 5) is 12.4. The van der Waals surface area contributed by atoms with Crippen LogP contribution in [0.5, 0.6) is 0 Å². The van der Waals surface area contributed by atoms with Gasteiger partial charge in [-0.05, 0) is 50.5 Å². The molecule has 0 amide bonds. The van der Waals surface area contributed by atoms with Gasteiger partial charge in [-0.2, -0.15) is 0 Å². The van der Waals surface area contributed by atoms with Crippen LogP contribution in [-0.2, 0) is 16.6 Å². The molecule has 0 saturated heterocycles. The summed E-state index contributed by atoms with van der Waals surface area (Å²) in [5.74, 6) is 1.55. The van der Waals surface area contributed by atoms with Crippen LogP contribution in [0.4, 0.5) is 0 Å². The van der Waals surface area contributed by atoms with Crippen molar-refractivity contribution in [2.45, 2.75) is 91.0 Å². The van der Waals surface area contributed by atoms with E-state index in [9.17, 15) is 8.42 Å². The Kier molecular flexibility index (Phi) is 7.75. The molecule has 0 aliphatic heterocycles. The number of aromatic nitrogens is 4. The second kappa shape index (κ2) is 10.1. The highest BCUT2D eigenvalue weighted by Gasteiger charge is 2.36. The van der Waals surface area contributed by atoms with Crippen molar-refractivity contribution >= 4 is 32.1 Å². The minimum absolute atomic E-state index is 0.219. The number of aromatic amines is 1. The van der Waals surface area contributed by atoms with Crippen molar-refractivity contribution in [2.75, 3.05) is 0 Å². The molecule has 2 aliphatic carbocycles. The lowest BCUT2D eigenvalue weighted by Crippen LogP contribution is -2.29.